The minimum atomic E-state index is -3.66. The minimum absolute atomic E-state index is 0.0229. The Balaban J connectivity index is 2.17. The number of nitrogens with zero attached hydrogens (tertiary/aromatic N) is 1. The molecule has 138 valence electrons. The standard InChI is InChI=1S/C19H22N2O4S/c1-20-26(23,24)18-13-15(9-11-17(18)25-3)10-12-19(22)21(2)14-16-7-5-4-6-8-16/h4-13,20H,14H2,1-3H3/b12-10+. The van der Waals surface area contributed by atoms with Gasteiger partial charge in [-0.05, 0) is 36.4 Å². The SMILES string of the molecule is CNS(=O)(=O)c1cc(/C=C/C(=O)N(C)Cc2ccccc2)ccc1OC. The van der Waals surface area contributed by atoms with Gasteiger partial charge in [0.15, 0.2) is 0 Å². The number of hydrogen-bond donors (Lipinski definition) is 1. The Hall–Kier alpha value is -2.64. The summed E-state index contributed by atoms with van der Waals surface area (Å²) in [7, 11) is 0.787. The summed E-state index contributed by atoms with van der Waals surface area (Å²) in [5, 5.41) is 0. The molecule has 6 nitrogen and oxygen atoms in total. The highest BCUT2D eigenvalue weighted by atomic mass is 32.2. The monoisotopic (exact) mass is 374 g/mol. The van der Waals surface area contributed by atoms with Crippen molar-refractivity contribution < 1.29 is 17.9 Å². The lowest BCUT2D eigenvalue weighted by molar-refractivity contribution is -0.125. The zero-order valence-corrected chi connectivity index (χ0v) is 15.8. The molecule has 0 saturated heterocycles. The Bertz CT molecular complexity index is 893. The molecule has 0 fully saturated rings. The number of carbonyl (C=O) groups is 1. The normalized spacial score (nSPS) is 11.5. The first-order valence-electron chi connectivity index (χ1n) is 7.96. The van der Waals surface area contributed by atoms with Crippen LogP contribution in [0.4, 0.5) is 0 Å². The smallest absolute Gasteiger partial charge is 0.246 e. The second kappa shape index (κ2) is 8.64. The van der Waals surface area contributed by atoms with Crippen LogP contribution in [-0.2, 0) is 21.4 Å². The Kier molecular flexibility index (Phi) is 6.54. The summed E-state index contributed by atoms with van der Waals surface area (Å²) < 4.78 is 31.5. The molecule has 0 bridgehead atoms. The zero-order chi connectivity index (χ0) is 19.2. The fraction of sp³-hybridized carbons (Fsp3) is 0.211. The number of likely N-dealkylation sites (N-methyl/N-ethyl adjacent to an activating group) is 1. The molecule has 0 saturated carbocycles. The Labute approximate surface area is 154 Å². The van der Waals surface area contributed by atoms with Crippen molar-refractivity contribution in [2.24, 2.45) is 0 Å². The van der Waals surface area contributed by atoms with Crippen molar-refractivity contribution in [3.05, 3.63) is 65.7 Å². The molecular formula is C19H22N2O4S. The van der Waals surface area contributed by atoms with Gasteiger partial charge in [0.05, 0.1) is 7.11 Å². The Morgan fingerprint density at radius 3 is 2.50 bits per heavy atom. The summed E-state index contributed by atoms with van der Waals surface area (Å²) in [6, 6.07) is 14.4. The van der Waals surface area contributed by atoms with Gasteiger partial charge < -0.3 is 9.64 Å². The molecule has 26 heavy (non-hydrogen) atoms. The van der Waals surface area contributed by atoms with Crippen molar-refractivity contribution in [2.45, 2.75) is 11.4 Å². The number of nitrogens with one attached hydrogen (secondary N) is 1. The molecular weight excluding hydrogens is 352 g/mol. The molecule has 0 radical (unpaired) electrons. The van der Waals surface area contributed by atoms with Gasteiger partial charge in [0, 0.05) is 19.7 Å². The van der Waals surface area contributed by atoms with E-state index in [2.05, 4.69) is 4.72 Å². The molecule has 0 spiro atoms. The van der Waals surface area contributed by atoms with E-state index in [1.165, 1.54) is 26.3 Å². The average Bonchev–Trinajstić information content (AvgIpc) is 2.66. The van der Waals surface area contributed by atoms with Crippen LogP contribution in [0.3, 0.4) is 0 Å². The first kappa shape index (κ1) is 19.7. The molecule has 2 aromatic rings. The largest absolute Gasteiger partial charge is 0.495 e. The van der Waals surface area contributed by atoms with E-state index in [0.29, 0.717) is 12.1 Å². The molecule has 0 aliphatic rings. The fourth-order valence-electron chi connectivity index (χ4n) is 2.35. The zero-order valence-electron chi connectivity index (χ0n) is 15.0. The summed E-state index contributed by atoms with van der Waals surface area (Å²) in [6.45, 7) is 0.492. The van der Waals surface area contributed by atoms with Gasteiger partial charge >= 0.3 is 0 Å². The Morgan fingerprint density at radius 1 is 1.19 bits per heavy atom. The van der Waals surface area contributed by atoms with Gasteiger partial charge in [-0.2, -0.15) is 0 Å². The van der Waals surface area contributed by atoms with Gasteiger partial charge in [0.1, 0.15) is 10.6 Å². The van der Waals surface area contributed by atoms with E-state index in [1.54, 1.807) is 30.2 Å². The van der Waals surface area contributed by atoms with E-state index in [0.717, 1.165) is 5.56 Å². The van der Waals surface area contributed by atoms with Gasteiger partial charge in [-0.15, -0.1) is 0 Å². The summed E-state index contributed by atoms with van der Waals surface area (Å²) in [5.41, 5.74) is 1.62. The first-order valence-corrected chi connectivity index (χ1v) is 9.44. The van der Waals surface area contributed by atoms with E-state index in [-0.39, 0.29) is 16.6 Å². The highest BCUT2D eigenvalue weighted by molar-refractivity contribution is 7.89. The molecule has 0 heterocycles. The lowest BCUT2D eigenvalue weighted by atomic mass is 10.2. The van der Waals surface area contributed by atoms with Gasteiger partial charge in [0.25, 0.3) is 0 Å². The van der Waals surface area contributed by atoms with Crippen LogP contribution < -0.4 is 9.46 Å². The molecule has 1 N–H and O–H groups in total. The summed E-state index contributed by atoms with van der Waals surface area (Å²) >= 11 is 0. The predicted molar refractivity (Wildman–Crippen MR) is 101 cm³/mol. The first-order chi connectivity index (χ1) is 12.4. The maximum atomic E-state index is 12.3. The lowest BCUT2D eigenvalue weighted by Gasteiger charge is -2.15. The molecule has 0 atom stereocenters. The predicted octanol–water partition coefficient (Wildman–Crippen LogP) is 2.28. The topological polar surface area (TPSA) is 75.7 Å². The van der Waals surface area contributed by atoms with Crippen LogP contribution in [0.15, 0.2) is 59.5 Å². The number of hydrogen-bond acceptors (Lipinski definition) is 4. The van der Waals surface area contributed by atoms with E-state index < -0.39 is 10.0 Å². The van der Waals surface area contributed by atoms with Crippen LogP contribution in [0, 0.1) is 0 Å². The average molecular weight is 374 g/mol. The highest BCUT2D eigenvalue weighted by Gasteiger charge is 2.17. The van der Waals surface area contributed by atoms with Gasteiger partial charge in [-0.1, -0.05) is 36.4 Å². The number of benzene rings is 2. The summed E-state index contributed by atoms with van der Waals surface area (Å²) in [5.74, 6) is 0.0618. The van der Waals surface area contributed by atoms with Crippen LogP contribution >= 0.6 is 0 Å². The second-order valence-corrected chi connectivity index (χ2v) is 7.49. The summed E-state index contributed by atoms with van der Waals surface area (Å²) in [4.78, 5) is 13.9. The minimum Gasteiger partial charge on any atom is -0.495 e. The fourth-order valence-corrected chi connectivity index (χ4v) is 3.27. The maximum absolute atomic E-state index is 12.3. The number of carbonyl (C=O) groups excluding carboxylic acids is 1. The number of sulfonamides is 1. The number of methoxy groups -OCH3 is 1. The van der Waals surface area contributed by atoms with Crippen LogP contribution in [-0.4, -0.2) is 40.4 Å². The van der Waals surface area contributed by atoms with Crippen molar-refractivity contribution in [2.75, 3.05) is 21.2 Å². The van der Waals surface area contributed by atoms with Crippen molar-refractivity contribution in [1.82, 2.24) is 9.62 Å². The molecule has 7 heteroatoms. The van der Waals surface area contributed by atoms with Gasteiger partial charge in [-0.3, -0.25) is 4.79 Å². The molecule has 0 unspecified atom stereocenters. The van der Waals surface area contributed by atoms with Crippen molar-refractivity contribution >= 4 is 22.0 Å². The highest BCUT2D eigenvalue weighted by Crippen LogP contribution is 2.25. The van der Waals surface area contributed by atoms with E-state index in [9.17, 15) is 13.2 Å². The van der Waals surface area contributed by atoms with E-state index in [1.807, 2.05) is 30.3 Å². The maximum Gasteiger partial charge on any atom is 0.246 e. The van der Waals surface area contributed by atoms with Crippen LogP contribution in [0.25, 0.3) is 6.08 Å². The third kappa shape index (κ3) is 4.93. The van der Waals surface area contributed by atoms with E-state index in [4.69, 9.17) is 4.74 Å². The third-order valence-corrected chi connectivity index (χ3v) is 5.24. The molecule has 2 rings (SSSR count). The molecule has 2 aromatic carbocycles. The van der Waals surface area contributed by atoms with Crippen LogP contribution in [0.5, 0.6) is 5.75 Å². The lowest BCUT2D eigenvalue weighted by Crippen LogP contribution is -2.24. The third-order valence-electron chi connectivity index (χ3n) is 3.80. The quantitative estimate of drug-likeness (QED) is 0.755. The van der Waals surface area contributed by atoms with Crippen molar-refractivity contribution in [1.29, 1.82) is 0 Å². The number of amides is 1. The van der Waals surface area contributed by atoms with Gasteiger partial charge in [-0.25, -0.2) is 13.1 Å². The van der Waals surface area contributed by atoms with Crippen molar-refractivity contribution in [3.8, 4) is 5.75 Å². The summed E-state index contributed by atoms with van der Waals surface area (Å²) in [6.07, 6.45) is 3.00. The second-order valence-electron chi connectivity index (χ2n) is 5.63. The molecule has 0 aliphatic carbocycles. The van der Waals surface area contributed by atoms with E-state index >= 15 is 0 Å². The number of ether oxygens (including phenoxy) is 1. The van der Waals surface area contributed by atoms with Crippen LogP contribution in [0.1, 0.15) is 11.1 Å². The molecule has 0 aliphatic heterocycles. The van der Waals surface area contributed by atoms with Crippen molar-refractivity contribution in [3.63, 3.8) is 0 Å². The Morgan fingerprint density at radius 2 is 1.88 bits per heavy atom. The molecule has 0 aromatic heterocycles. The van der Waals surface area contributed by atoms with Gasteiger partial charge in [0.2, 0.25) is 15.9 Å². The number of rotatable bonds is 7. The molecule has 1 amide bonds. The van der Waals surface area contributed by atoms with Crippen LogP contribution in [0.2, 0.25) is 0 Å².